The largest absolute Gasteiger partial charge is 0.338 e. The summed E-state index contributed by atoms with van der Waals surface area (Å²) in [5.41, 5.74) is 0. The van der Waals surface area contributed by atoms with Gasteiger partial charge in [0.05, 0.1) is 11.8 Å². The van der Waals surface area contributed by atoms with Gasteiger partial charge in [-0.1, -0.05) is 24.6 Å². The molecule has 1 saturated carbocycles. The summed E-state index contributed by atoms with van der Waals surface area (Å²) in [6.45, 7) is 1.06. The summed E-state index contributed by atoms with van der Waals surface area (Å²) >= 11 is 1.06. The topological polar surface area (TPSA) is 57.7 Å². The molecule has 3 fully saturated rings. The Morgan fingerprint density at radius 3 is 2.47 bits per heavy atom. The van der Waals surface area contributed by atoms with Gasteiger partial charge in [-0.15, -0.1) is 0 Å². The molecule has 3 aliphatic rings. The molecule has 3 amide bonds. The third-order valence-electron chi connectivity index (χ3n) is 4.30. The van der Waals surface area contributed by atoms with E-state index in [4.69, 9.17) is 0 Å². The van der Waals surface area contributed by atoms with E-state index in [0.29, 0.717) is 25.4 Å². The summed E-state index contributed by atoms with van der Waals surface area (Å²) < 4.78 is 0. The van der Waals surface area contributed by atoms with E-state index in [0.717, 1.165) is 11.8 Å². The van der Waals surface area contributed by atoms with Gasteiger partial charge in [-0.3, -0.25) is 19.3 Å². The van der Waals surface area contributed by atoms with Crippen LogP contribution >= 0.6 is 11.8 Å². The Bertz CT molecular complexity index is 398. The van der Waals surface area contributed by atoms with Crippen molar-refractivity contribution in [2.75, 3.05) is 18.8 Å². The lowest BCUT2D eigenvalue weighted by atomic mass is 10.0. The molecule has 3 rings (SSSR count). The number of thioether (sulfide) groups is 1. The molecule has 0 aromatic carbocycles. The van der Waals surface area contributed by atoms with Gasteiger partial charge in [0, 0.05) is 19.5 Å². The quantitative estimate of drug-likeness (QED) is 0.786. The molecule has 6 heteroatoms. The highest BCUT2D eigenvalue weighted by atomic mass is 32.2. The van der Waals surface area contributed by atoms with Gasteiger partial charge >= 0.3 is 0 Å². The highest BCUT2D eigenvalue weighted by Gasteiger charge is 2.43. The minimum atomic E-state index is -0.155. The van der Waals surface area contributed by atoms with Crippen molar-refractivity contribution in [2.24, 2.45) is 5.92 Å². The first kappa shape index (κ1) is 13.0. The molecular formula is C13H18N2O3S. The van der Waals surface area contributed by atoms with Crippen LogP contribution in [0, 0.1) is 5.92 Å². The summed E-state index contributed by atoms with van der Waals surface area (Å²) in [5, 5.41) is -0.155. The van der Waals surface area contributed by atoms with Crippen LogP contribution in [0.5, 0.6) is 0 Å². The maximum atomic E-state index is 12.0. The number of carbonyl (C=O) groups excluding carboxylic acids is 3. The van der Waals surface area contributed by atoms with Gasteiger partial charge in [-0.2, -0.15) is 0 Å². The predicted molar refractivity (Wildman–Crippen MR) is 71.6 cm³/mol. The van der Waals surface area contributed by atoms with Gasteiger partial charge in [0.1, 0.15) is 0 Å². The van der Waals surface area contributed by atoms with Crippen LogP contribution in [0.2, 0.25) is 0 Å². The zero-order chi connectivity index (χ0) is 13.4. The minimum Gasteiger partial charge on any atom is -0.338 e. The monoisotopic (exact) mass is 282 g/mol. The van der Waals surface area contributed by atoms with E-state index in [9.17, 15) is 14.4 Å². The molecule has 1 aliphatic carbocycles. The fourth-order valence-electron chi connectivity index (χ4n) is 3.13. The predicted octanol–water partition coefficient (Wildman–Crippen LogP) is 1.47. The normalized spacial score (nSPS) is 25.3. The van der Waals surface area contributed by atoms with Crippen molar-refractivity contribution < 1.29 is 14.4 Å². The first-order valence-electron chi connectivity index (χ1n) is 6.91. The van der Waals surface area contributed by atoms with Crippen LogP contribution in [0.4, 0.5) is 4.79 Å². The number of hydrogen-bond donors (Lipinski definition) is 0. The Morgan fingerprint density at radius 1 is 1.21 bits per heavy atom. The molecule has 2 saturated heterocycles. The first-order valence-corrected chi connectivity index (χ1v) is 7.90. The van der Waals surface area contributed by atoms with Gasteiger partial charge in [0.25, 0.3) is 5.24 Å². The van der Waals surface area contributed by atoms with Crippen LogP contribution in [0.15, 0.2) is 0 Å². The number of likely N-dealkylation sites (tertiary alicyclic amines) is 1. The molecule has 104 valence electrons. The first-order chi connectivity index (χ1) is 9.15. The maximum absolute atomic E-state index is 12.0. The SMILES string of the molecule is O=C(CC1CCCC1)N1CC(N2C(=O)CSC2=O)C1. The van der Waals surface area contributed by atoms with E-state index >= 15 is 0 Å². The lowest BCUT2D eigenvalue weighted by Crippen LogP contribution is -2.62. The van der Waals surface area contributed by atoms with Crippen LogP contribution in [0.1, 0.15) is 32.1 Å². The molecule has 0 atom stereocenters. The molecule has 0 aromatic rings. The molecule has 0 bridgehead atoms. The zero-order valence-corrected chi connectivity index (χ0v) is 11.7. The van der Waals surface area contributed by atoms with E-state index in [-0.39, 0.29) is 28.8 Å². The standard InChI is InChI=1S/C13H18N2O3S/c16-11(5-9-3-1-2-4-9)14-6-10(7-14)15-12(17)8-19-13(15)18/h9-10H,1-8H2. The van der Waals surface area contributed by atoms with E-state index in [1.165, 1.54) is 30.6 Å². The van der Waals surface area contributed by atoms with Gasteiger partial charge in [0.2, 0.25) is 11.8 Å². The number of nitrogens with zero attached hydrogens (tertiary/aromatic N) is 2. The van der Waals surface area contributed by atoms with Gasteiger partial charge in [-0.25, -0.2) is 0 Å². The fraction of sp³-hybridized carbons (Fsp3) is 0.769. The van der Waals surface area contributed by atoms with E-state index in [1.807, 2.05) is 0 Å². The average Bonchev–Trinajstić information content (AvgIpc) is 2.91. The van der Waals surface area contributed by atoms with Crippen LogP contribution < -0.4 is 0 Å². The smallest absolute Gasteiger partial charge is 0.289 e. The molecule has 2 heterocycles. The second kappa shape index (κ2) is 5.15. The van der Waals surface area contributed by atoms with Gasteiger partial charge < -0.3 is 4.90 Å². The Morgan fingerprint density at radius 2 is 1.89 bits per heavy atom. The Kier molecular flexibility index (Phi) is 3.52. The summed E-state index contributed by atoms with van der Waals surface area (Å²) in [6, 6.07) is -0.0810. The van der Waals surface area contributed by atoms with Gasteiger partial charge in [-0.05, 0) is 18.8 Å². The van der Waals surface area contributed by atoms with Gasteiger partial charge in [0.15, 0.2) is 0 Å². The third kappa shape index (κ3) is 2.50. The van der Waals surface area contributed by atoms with Crippen LogP contribution in [0.25, 0.3) is 0 Å². The fourth-order valence-corrected chi connectivity index (χ4v) is 3.91. The van der Waals surface area contributed by atoms with Crippen molar-refractivity contribution in [1.82, 2.24) is 9.80 Å². The highest BCUT2D eigenvalue weighted by molar-refractivity contribution is 8.14. The molecule has 0 N–H and O–H groups in total. The lowest BCUT2D eigenvalue weighted by Gasteiger charge is -2.43. The second-order valence-corrected chi connectivity index (χ2v) is 6.55. The summed E-state index contributed by atoms with van der Waals surface area (Å²) in [4.78, 5) is 38.3. The van der Waals surface area contributed by atoms with E-state index in [2.05, 4.69) is 0 Å². The Labute approximate surface area is 116 Å². The van der Waals surface area contributed by atoms with Crippen LogP contribution in [-0.4, -0.2) is 51.7 Å². The number of hydrogen-bond acceptors (Lipinski definition) is 4. The van der Waals surface area contributed by atoms with Crippen molar-refractivity contribution >= 4 is 28.8 Å². The molecule has 19 heavy (non-hydrogen) atoms. The molecule has 0 radical (unpaired) electrons. The lowest BCUT2D eigenvalue weighted by molar-refractivity contribution is -0.142. The van der Waals surface area contributed by atoms with E-state index < -0.39 is 0 Å². The van der Waals surface area contributed by atoms with Crippen LogP contribution in [0.3, 0.4) is 0 Å². The Hall–Kier alpha value is -1.04. The molecule has 0 unspecified atom stereocenters. The minimum absolute atomic E-state index is 0.0810. The maximum Gasteiger partial charge on any atom is 0.289 e. The summed E-state index contributed by atoms with van der Waals surface area (Å²) in [7, 11) is 0. The third-order valence-corrected chi connectivity index (χ3v) is 5.14. The molecule has 2 aliphatic heterocycles. The highest BCUT2D eigenvalue weighted by Crippen LogP contribution is 2.30. The van der Waals surface area contributed by atoms with Crippen molar-refractivity contribution in [2.45, 2.75) is 38.1 Å². The number of amides is 3. The van der Waals surface area contributed by atoms with Crippen molar-refractivity contribution in [3.63, 3.8) is 0 Å². The average molecular weight is 282 g/mol. The molecule has 5 nitrogen and oxygen atoms in total. The van der Waals surface area contributed by atoms with E-state index in [1.54, 1.807) is 4.90 Å². The van der Waals surface area contributed by atoms with Crippen molar-refractivity contribution in [1.29, 1.82) is 0 Å². The molecule has 0 aromatic heterocycles. The van der Waals surface area contributed by atoms with Crippen molar-refractivity contribution in [3.05, 3.63) is 0 Å². The Balaban J connectivity index is 1.48. The summed E-state index contributed by atoms with van der Waals surface area (Å²) in [5.74, 6) is 0.890. The summed E-state index contributed by atoms with van der Waals surface area (Å²) in [6.07, 6.45) is 5.47. The number of imide groups is 1. The van der Waals surface area contributed by atoms with Crippen LogP contribution in [-0.2, 0) is 9.59 Å². The zero-order valence-electron chi connectivity index (χ0n) is 10.8. The van der Waals surface area contributed by atoms with Crippen molar-refractivity contribution in [3.8, 4) is 0 Å². The number of rotatable bonds is 3. The molecular weight excluding hydrogens is 264 g/mol. The number of carbonyl (C=O) groups is 3. The second-order valence-electron chi connectivity index (χ2n) is 5.63. The molecule has 0 spiro atoms.